The minimum atomic E-state index is -4.47. The summed E-state index contributed by atoms with van der Waals surface area (Å²) in [7, 11) is -8.92. The number of rotatable bonds is 15. The Morgan fingerprint density at radius 1 is 0.881 bits per heavy atom. The topological polar surface area (TPSA) is 182 Å². The fourth-order valence-corrected chi connectivity index (χ4v) is 9.20. The van der Waals surface area contributed by atoms with Gasteiger partial charge in [-0.1, -0.05) is 68.9 Å². The molecule has 13 nitrogen and oxygen atoms in total. The lowest BCUT2D eigenvalue weighted by atomic mass is 9.81. The van der Waals surface area contributed by atoms with Crippen LogP contribution >= 0.6 is 0 Å². The van der Waals surface area contributed by atoms with Gasteiger partial charge in [-0.2, -0.15) is 21.4 Å². The van der Waals surface area contributed by atoms with Crippen LogP contribution in [-0.4, -0.2) is 77.6 Å². The van der Waals surface area contributed by atoms with Crippen molar-refractivity contribution in [2.24, 2.45) is 0 Å². The Balaban J connectivity index is 1.28. The summed E-state index contributed by atoms with van der Waals surface area (Å²) in [6.07, 6.45) is 22.7. The van der Waals surface area contributed by atoms with E-state index in [-0.39, 0.29) is 29.1 Å². The average Bonchev–Trinajstić information content (AvgIpc) is 3.66. The highest BCUT2D eigenvalue weighted by Crippen LogP contribution is 2.49. The number of hydroxylamine groups is 2. The van der Waals surface area contributed by atoms with E-state index in [2.05, 4.69) is 21.6 Å². The quantitative estimate of drug-likeness (QED) is 0.0942. The number of carbonyl (C=O) groups is 2. The molecule has 2 aromatic rings. The van der Waals surface area contributed by atoms with Gasteiger partial charge in [-0.05, 0) is 80.7 Å². The number of hydrogen-bond acceptors (Lipinski definition) is 9. The van der Waals surface area contributed by atoms with Crippen molar-refractivity contribution in [3.63, 3.8) is 0 Å². The summed E-state index contributed by atoms with van der Waals surface area (Å²) in [5.41, 5.74) is 4.72. The minimum absolute atomic E-state index is 0.0590. The molecule has 1 saturated heterocycles. The van der Waals surface area contributed by atoms with Gasteiger partial charge in [0.25, 0.3) is 26.1 Å². The Morgan fingerprint density at radius 2 is 1.56 bits per heavy atom. The van der Waals surface area contributed by atoms with Crippen molar-refractivity contribution in [1.29, 1.82) is 0 Å². The van der Waals surface area contributed by atoms with Crippen LogP contribution in [0.4, 0.5) is 11.4 Å². The molecule has 0 aromatic heterocycles. The number of aliphatic hydroxyl groups is 1. The van der Waals surface area contributed by atoms with Gasteiger partial charge in [0.2, 0.25) is 5.69 Å². The Labute approximate surface area is 346 Å². The molecule has 1 fully saturated rings. The first-order chi connectivity index (χ1) is 27.8. The molecule has 59 heavy (non-hydrogen) atoms. The van der Waals surface area contributed by atoms with Crippen LogP contribution in [0.25, 0.3) is 0 Å². The van der Waals surface area contributed by atoms with Crippen LogP contribution in [0.1, 0.15) is 90.2 Å². The number of fused-ring (bicyclic) bond motifs is 2. The Morgan fingerprint density at radius 3 is 2.25 bits per heavy atom. The molecule has 0 radical (unpaired) electrons. The number of unbranched alkanes of at least 4 members (excludes halogenated alkanes) is 2. The van der Waals surface area contributed by atoms with Gasteiger partial charge >= 0.3 is 5.97 Å². The Kier molecular flexibility index (Phi) is 12.8. The smallest absolute Gasteiger partial charge is 0.332 e. The highest BCUT2D eigenvalue weighted by molar-refractivity contribution is 7.86. The van der Waals surface area contributed by atoms with Gasteiger partial charge in [-0.3, -0.25) is 13.9 Å². The van der Waals surface area contributed by atoms with Crippen LogP contribution < -0.4 is 4.90 Å². The predicted molar refractivity (Wildman–Crippen MR) is 224 cm³/mol. The number of benzene rings is 2. The van der Waals surface area contributed by atoms with Gasteiger partial charge in [-0.15, -0.1) is 5.06 Å². The maximum absolute atomic E-state index is 12.4. The van der Waals surface area contributed by atoms with E-state index in [1.165, 1.54) is 29.8 Å². The highest BCUT2D eigenvalue weighted by Gasteiger charge is 2.45. The monoisotopic (exact) mass is 846 g/mol. The molecule has 2 aromatic carbocycles. The number of allylic oxidation sites excluding steroid dienone is 12. The molecule has 1 aliphatic carbocycles. The number of hydrogen-bond donors (Lipinski definition) is 3. The predicted octanol–water partition coefficient (Wildman–Crippen LogP) is 7.14. The second kappa shape index (κ2) is 17.3. The van der Waals surface area contributed by atoms with Gasteiger partial charge in [0.1, 0.15) is 6.54 Å². The Hall–Kier alpha value is -4.93. The first kappa shape index (κ1) is 43.6. The maximum Gasteiger partial charge on any atom is 0.332 e. The first-order valence-corrected chi connectivity index (χ1v) is 22.6. The standard InChI is InChI=1S/C44H51N3O10S2/c1-43(2)34-29-32(58(51,52)53)21-23-36(34)45(27-12-8-11-20-42(50)57-47-40(48)25-26-41(47)49)38(43)18-13-19-39-44(3,4)35-30-33(59(54,55)56)22-24-37(35)46(39)28-14-17-31-15-9-6-5-7-10-16-31/h5-7,9-10,13,15-16,18-19,21-24,29-30,40,48H,8,11-12,14,17,20,25-28H2,1-4H3,(H-,51,52,53,54,55,56)/p+1. The zero-order chi connectivity index (χ0) is 42.8. The molecule has 1 amide bonds. The van der Waals surface area contributed by atoms with Crippen molar-refractivity contribution >= 4 is 49.2 Å². The molecule has 6 rings (SSSR count). The van der Waals surface area contributed by atoms with E-state index in [1.54, 1.807) is 12.1 Å². The van der Waals surface area contributed by atoms with Crippen LogP contribution in [0.5, 0.6) is 0 Å². The molecule has 3 N–H and O–H groups in total. The number of nitrogens with zero attached hydrogens (tertiary/aromatic N) is 3. The number of anilines is 1. The van der Waals surface area contributed by atoms with E-state index in [0.29, 0.717) is 37.9 Å². The van der Waals surface area contributed by atoms with E-state index in [1.807, 2.05) is 76.3 Å². The fourth-order valence-electron chi connectivity index (χ4n) is 8.19. The van der Waals surface area contributed by atoms with Gasteiger partial charge in [0.05, 0.1) is 15.2 Å². The van der Waals surface area contributed by atoms with E-state index in [9.17, 15) is 40.6 Å². The summed E-state index contributed by atoms with van der Waals surface area (Å²) < 4.78 is 70.8. The lowest BCUT2D eigenvalue weighted by Crippen LogP contribution is -2.35. The largest absolute Gasteiger partial charge is 0.370 e. The van der Waals surface area contributed by atoms with Crippen molar-refractivity contribution in [2.75, 3.05) is 18.0 Å². The van der Waals surface area contributed by atoms with Crippen molar-refractivity contribution in [1.82, 2.24) is 5.06 Å². The average molecular weight is 847 g/mol. The molecule has 0 spiro atoms. The molecule has 15 heteroatoms. The normalized spacial score (nSPS) is 20.4. The second-order valence-electron chi connectivity index (χ2n) is 16.1. The third-order valence-electron chi connectivity index (χ3n) is 11.3. The Bertz CT molecular complexity index is 2460. The van der Waals surface area contributed by atoms with Gasteiger partial charge in [-0.25, -0.2) is 4.79 Å². The molecule has 3 aliphatic heterocycles. The lowest BCUT2D eigenvalue weighted by molar-refractivity contribution is -0.438. The second-order valence-corrected chi connectivity index (χ2v) is 19.0. The van der Waals surface area contributed by atoms with Crippen molar-refractivity contribution in [2.45, 2.75) is 106 Å². The molecule has 0 saturated carbocycles. The first-order valence-electron chi connectivity index (χ1n) is 19.8. The molecular formula is C44H52N3O10S2+. The van der Waals surface area contributed by atoms with Crippen LogP contribution in [0.2, 0.25) is 0 Å². The summed E-state index contributed by atoms with van der Waals surface area (Å²) in [6, 6.07) is 9.26. The number of amides is 1. The third kappa shape index (κ3) is 9.60. The summed E-state index contributed by atoms with van der Waals surface area (Å²) >= 11 is 0. The minimum Gasteiger partial charge on any atom is -0.370 e. The van der Waals surface area contributed by atoms with E-state index in [0.717, 1.165) is 46.3 Å². The lowest BCUT2D eigenvalue weighted by Gasteiger charge is -2.27. The van der Waals surface area contributed by atoms with Gasteiger partial charge in [0, 0.05) is 66.7 Å². The van der Waals surface area contributed by atoms with Gasteiger partial charge < -0.3 is 14.8 Å². The molecular weight excluding hydrogens is 795 g/mol. The van der Waals surface area contributed by atoms with Crippen molar-refractivity contribution in [3.05, 3.63) is 120 Å². The van der Waals surface area contributed by atoms with Crippen molar-refractivity contribution in [3.8, 4) is 0 Å². The SMILES string of the molecule is CC1(C)C(=CC=CC2=[N+](CCCC3=CC=CC=CC=C3)c3ccc(S(=O)(=O)O)cc3C2(C)C)N(CCCCCC(=O)ON2C(=O)CCC2O)c2ccc(S(=O)(=O)O)cc21. The van der Waals surface area contributed by atoms with Crippen LogP contribution in [-0.2, 0) is 45.5 Å². The van der Waals surface area contributed by atoms with E-state index < -0.39 is 49.2 Å². The molecule has 4 aliphatic rings. The molecule has 3 heterocycles. The maximum atomic E-state index is 12.4. The third-order valence-corrected chi connectivity index (χ3v) is 13.0. The fraction of sp³-hybridized carbons (Fsp3) is 0.386. The number of carbonyl (C=O) groups excluding carboxylic acids is 2. The van der Waals surface area contributed by atoms with Crippen LogP contribution in [0.15, 0.2) is 118 Å². The van der Waals surface area contributed by atoms with E-state index in [4.69, 9.17) is 4.84 Å². The summed E-state index contributed by atoms with van der Waals surface area (Å²) in [5, 5.41) is 10.6. The number of aliphatic hydroxyl groups excluding tert-OH is 1. The molecule has 1 unspecified atom stereocenters. The van der Waals surface area contributed by atoms with Crippen LogP contribution in [0.3, 0.4) is 0 Å². The molecule has 314 valence electrons. The summed E-state index contributed by atoms with van der Waals surface area (Å²) in [5.74, 6) is -1.03. The molecule has 0 bridgehead atoms. The van der Waals surface area contributed by atoms with E-state index >= 15 is 0 Å². The zero-order valence-electron chi connectivity index (χ0n) is 33.7. The highest BCUT2D eigenvalue weighted by atomic mass is 32.2. The molecule has 1 atom stereocenters. The zero-order valence-corrected chi connectivity index (χ0v) is 35.4. The van der Waals surface area contributed by atoms with Gasteiger partial charge in [0.15, 0.2) is 11.9 Å². The summed E-state index contributed by atoms with van der Waals surface area (Å²) in [4.78, 5) is 31.2. The van der Waals surface area contributed by atoms with Crippen LogP contribution in [0, 0.1) is 0 Å². The van der Waals surface area contributed by atoms with Crippen molar-refractivity contribution < 1.29 is 50.0 Å². The summed E-state index contributed by atoms with van der Waals surface area (Å²) in [6.45, 7) is 9.16.